The molecule has 3 N–H and O–H groups in total. The van der Waals surface area contributed by atoms with Crippen LogP contribution in [0.15, 0.2) is 71.9 Å². The van der Waals surface area contributed by atoms with Crippen LogP contribution in [0.5, 0.6) is 0 Å². The molecule has 4 aromatic rings. The lowest BCUT2D eigenvalue weighted by atomic mass is 10.0. The van der Waals surface area contributed by atoms with Crippen LogP contribution in [0.3, 0.4) is 0 Å². The normalized spacial score (nSPS) is 13.6. The second-order valence-electron chi connectivity index (χ2n) is 8.64. The molecule has 0 unspecified atom stereocenters. The number of benzene rings is 2. The highest BCUT2D eigenvalue weighted by Gasteiger charge is 2.22. The van der Waals surface area contributed by atoms with Crippen LogP contribution in [0.25, 0.3) is 11.3 Å². The Hall–Kier alpha value is -4.98. The van der Waals surface area contributed by atoms with Crippen molar-refractivity contribution in [2.24, 2.45) is 0 Å². The van der Waals surface area contributed by atoms with E-state index in [2.05, 4.69) is 47.8 Å². The van der Waals surface area contributed by atoms with E-state index >= 15 is 0 Å². The molecule has 37 heavy (non-hydrogen) atoms. The largest absolute Gasteiger partial charge is 0.371 e. The van der Waals surface area contributed by atoms with Crippen molar-refractivity contribution in [2.75, 3.05) is 29.9 Å². The predicted octanol–water partition coefficient (Wildman–Crippen LogP) is 2.87. The summed E-state index contributed by atoms with van der Waals surface area (Å²) in [6.45, 7) is 1.69. The van der Waals surface area contributed by atoms with Crippen LogP contribution in [-0.4, -0.2) is 50.3 Å². The van der Waals surface area contributed by atoms with Crippen molar-refractivity contribution >= 4 is 23.2 Å². The van der Waals surface area contributed by atoms with Crippen LogP contribution in [0, 0.1) is 11.3 Å². The number of hydrogen-bond acceptors (Lipinski definition) is 8. The Morgan fingerprint density at radius 3 is 2.51 bits per heavy atom. The molecule has 11 heteroatoms. The minimum atomic E-state index is -0.292. The number of hydrogen-bond donors (Lipinski definition) is 3. The van der Waals surface area contributed by atoms with Gasteiger partial charge >= 0.3 is 5.69 Å². The Labute approximate surface area is 212 Å². The zero-order valence-corrected chi connectivity index (χ0v) is 20.0. The van der Waals surface area contributed by atoms with Crippen molar-refractivity contribution in [3.8, 4) is 17.3 Å². The molecule has 0 atom stereocenters. The standard InChI is InChI=1S/C26H25N9O2/c27-12-14-28-24(36)19-3-1-18(2-4-19)23-9-13-29-25(32-23)31-20-5-7-21(8-6-20)34-15-10-22(11-16-34)35-17-30-33-26(35)37/h1-9,13,17,22H,10-11,14-16H2,(H,28,36)(H,33,37)(H,29,31,32). The number of H-pyrrole nitrogens is 1. The number of nitriles is 1. The zero-order valence-electron chi connectivity index (χ0n) is 20.0. The van der Waals surface area contributed by atoms with Crippen molar-refractivity contribution in [1.29, 1.82) is 5.26 Å². The Morgan fingerprint density at radius 2 is 1.84 bits per heavy atom. The molecule has 0 bridgehead atoms. The molecule has 2 aromatic heterocycles. The number of nitrogens with zero attached hydrogens (tertiary/aromatic N) is 6. The van der Waals surface area contributed by atoms with Crippen LogP contribution in [0.1, 0.15) is 29.2 Å². The van der Waals surface area contributed by atoms with Crippen molar-refractivity contribution in [3.63, 3.8) is 0 Å². The number of anilines is 3. The SMILES string of the molecule is N#CCNC(=O)c1ccc(-c2ccnc(Nc3ccc(N4CCC(n5cn[nH]c5=O)CC4)cc3)n2)cc1. The summed E-state index contributed by atoms with van der Waals surface area (Å²) < 4.78 is 1.68. The fraction of sp³-hybridized carbons (Fsp3) is 0.231. The van der Waals surface area contributed by atoms with Gasteiger partial charge in [0, 0.05) is 47.8 Å². The summed E-state index contributed by atoms with van der Waals surface area (Å²) in [6.07, 6.45) is 5.02. The summed E-state index contributed by atoms with van der Waals surface area (Å²) in [6, 6.07) is 19.0. The molecule has 5 rings (SSSR count). The molecule has 1 aliphatic rings. The summed E-state index contributed by atoms with van der Waals surface area (Å²) in [7, 11) is 0. The third-order valence-corrected chi connectivity index (χ3v) is 6.35. The van der Waals surface area contributed by atoms with Gasteiger partial charge in [0.2, 0.25) is 5.95 Å². The van der Waals surface area contributed by atoms with Gasteiger partial charge in [-0.1, -0.05) is 12.1 Å². The molecular weight excluding hydrogens is 470 g/mol. The lowest BCUT2D eigenvalue weighted by molar-refractivity contribution is 0.0958. The molecule has 2 aromatic carbocycles. The Morgan fingerprint density at radius 1 is 1.08 bits per heavy atom. The fourth-order valence-corrected chi connectivity index (χ4v) is 4.40. The van der Waals surface area contributed by atoms with Gasteiger partial charge in [-0.05, 0) is 55.3 Å². The molecule has 0 aliphatic carbocycles. The van der Waals surface area contributed by atoms with Crippen molar-refractivity contribution in [1.82, 2.24) is 30.0 Å². The smallest absolute Gasteiger partial charge is 0.343 e. The highest BCUT2D eigenvalue weighted by atomic mass is 16.2. The fourth-order valence-electron chi connectivity index (χ4n) is 4.40. The van der Waals surface area contributed by atoms with E-state index in [1.54, 1.807) is 35.3 Å². The van der Waals surface area contributed by atoms with Gasteiger partial charge in [0.05, 0.1) is 11.8 Å². The van der Waals surface area contributed by atoms with Gasteiger partial charge in [0.25, 0.3) is 5.91 Å². The molecular formula is C26H25N9O2. The number of piperidine rings is 1. The average molecular weight is 496 g/mol. The summed E-state index contributed by atoms with van der Waals surface area (Å²) in [5.41, 5.74) is 3.88. The van der Waals surface area contributed by atoms with Crippen LogP contribution in [-0.2, 0) is 0 Å². The topological polar surface area (TPSA) is 145 Å². The summed E-state index contributed by atoms with van der Waals surface area (Å²) in [5.74, 6) is 0.173. The lowest BCUT2D eigenvalue weighted by Crippen LogP contribution is -2.36. The van der Waals surface area contributed by atoms with Crippen molar-refractivity contribution < 1.29 is 4.79 Å². The first-order chi connectivity index (χ1) is 18.1. The molecule has 0 saturated carbocycles. The summed E-state index contributed by atoms with van der Waals surface area (Å²) in [5, 5.41) is 20.7. The van der Waals surface area contributed by atoms with Crippen molar-refractivity contribution in [3.05, 3.63) is 83.2 Å². The van der Waals surface area contributed by atoms with Gasteiger partial charge in [-0.2, -0.15) is 10.4 Å². The second-order valence-corrected chi connectivity index (χ2v) is 8.64. The van der Waals surface area contributed by atoms with E-state index in [0.29, 0.717) is 11.5 Å². The zero-order chi connectivity index (χ0) is 25.6. The maximum atomic E-state index is 12.0. The van der Waals surface area contributed by atoms with Gasteiger partial charge in [-0.25, -0.2) is 19.9 Å². The van der Waals surface area contributed by atoms with E-state index in [-0.39, 0.29) is 24.2 Å². The van der Waals surface area contributed by atoms with E-state index in [9.17, 15) is 9.59 Å². The van der Waals surface area contributed by atoms with E-state index in [4.69, 9.17) is 5.26 Å². The average Bonchev–Trinajstić information content (AvgIpc) is 3.38. The Balaban J connectivity index is 1.20. The highest BCUT2D eigenvalue weighted by Crippen LogP contribution is 2.27. The Kier molecular flexibility index (Phi) is 6.89. The van der Waals surface area contributed by atoms with E-state index in [0.717, 1.165) is 48.6 Å². The van der Waals surface area contributed by atoms with Gasteiger partial charge in [0.1, 0.15) is 12.9 Å². The van der Waals surface area contributed by atoms with E-state index < -0.39 is 0 Å². The molecule has 186 valence electrons. The molecule has 0 spiro atoms. The maximum Gasteiger partial charge on any atom is 0.343 e. The van der Waals surface area contributed by atoms with Crippen LogP contribution >= 0.6 is 0 Å². The predicted molar refractivity (Wildman–Crippen MR) is 138 cm³/mol. The number of rotatable bonds is 7. The minimum Gasteiger partial charge on any atom is -0.371 e. The van der Waals surface area contributed by atoms with Crippen LogP contribution < -0.4 is 21.2 Å². The van der Waals surface area contributed by atoms with Crippen LogP contribution in [0.2, 0.25) is 0 Å². The number of aromatic nitrogens is 5. The molecule has 1 fully saturated rings. The maximum absolute atomic E-state index is 12.0. The number of nitrogens with one attached hydrogen (secondary N) is 3. The molecule has 1 saturated heterocycles. The number of carbonyl (C=O) groups excluding carboxylic acids is 1. The van der Waals surface area contributed by atoms with Gasteiger partial charge in [-0.3, -0.25) is 9.36 Å². The third kappa shape index (κ3) is 5.48. The summed E-state index contributed by atoms with van der Waals surface area (Å²) in [4.78, 5) is 35.1. The van der Waals surface area contributed by atoms with E-state index in [1.807, 2.05) is 30.3 Å². The number of carbonyl (C=O) groups is 1. The third-order valence-electron chi connectivity index (χ3n) is 6.35. The Bertz CT molecular complexity index is 1460. The summed E-state index contributed by atoms with van der Waals surface area (Å²) >= 11 is 0. The second kappa shape index (κ2) is 10.7. The quantitative estimate of drug-likeness (QED) is 0.332. The number of aromatic amines is 1. The lowest BCUT2D eigenvalue weighted by Gasteiger charge is -2.33. The van der Waals surface area contributed by atoms with Gasteiger partial charge in [0.15, 0.2) is 0 Å². The molecule has 1 aliphatic heterocycles. The van der Waals surface area contributed by atoms with Crippen molar-refractivity contribution in [2.45, 2.75) is 18.9 Å². The van der Waals surface area contributed by atoms with E-state index in [1.165, 1.54) is 0 Å². The van der Waals surface area contributed by atoms with Crippen LogP contribution in [0.4, 0.5) is 17.3 Å². The van der Waals surface area contributed by atoms with Gasteiger partial charge in [-0.15, -0.1) is 0 Å². The molecule has 1 amide bonds. The molecule has 0 radical (unpaired) electrons. The first kappa shape index (κ1) is 23.7. The first-order valence-corrected chi connectivity index (χ1v) is 11.9. The molecule has 3 heterocycles. The monoisotopic (exact) mass is 495 g/mol. The molecule has 11 nitrogen and oxygen atoms in total. The highest BCUT2D eigenvalue weighted by molar-refractivity contribution is 5.94. The minimum absolute atomic E-state index is 0.0322. The number of amides is 1. The van der Waals surface area contributed by atoms with Gasteiger partial charge < -0.3 is 15.5 Å². The first-order valence-electron chi connectivity index (χ1n) is 11.9.